The SMILES string of the molecule is C=CCc1ccccc1-c1[nH]c2ccccc2c1C(=O)CCCC(=O)O. The number of carboxylic acids is 1. The first-order valence-electron chi connectivity index (χ1n) is 8.66. The van der Waals surface area contributed by atoms with Crippen LogP contribution >= 0.6 is 0 Å². The van der Waals surface area contributed by atoms with Crippen LogP contribution in [0, 0.1) is 0 Å². The number of H-pyrrole nitrogens is 1. The normalized spacial score (nSPS) is 10.8. The third-order valence-electron chi connectivity index (χ3n) is 4.43. The van der Waals surface area contributed by atoms with Gasteiger partial charge in [0.25, 0.3) is 0 Å². The molecule has 0 aliphatic heterocycles. The highest BCUT2D eigenvalue weighted by Gasteiger charge is 2.20. The van der Waals surface area contributed by atoms with Crippen molar-refractivity contribution in [3.8, 4) is 11.3 Å². The maximum absolute atomic E-state index is 12.9. The molecule has 0 aliphatic rings. The number of hydrogen-bond donors (Lipinski definition) is 2. The topological polar surface area (TPSA) is 70.2 Å². The molecule has 4 nitrogen and oxygen atoms in total. The van der Waals surface area contributed by atoms with E-state index < -0.39 is 5.97 Å². The van der Waals surface area contributed by atoms with Gasteiger partial charge < -0.3 is 10.1 Å². The zero-order valence-electron chi connectivity index (χ0n) is 14.5. The summed E-state index contributed by atoms with van der Waals surface area (Å²) < 4.78 is 0. The fraction of sp³-hybridized carbons (Fsp3) is 0.182. The van der Waals surface area contributed by atoms with E-state index in [9.17, 15) is 9.59 Å². The van der Waals surface area contributed by atoms with Crippen LogP contribution < -0.4 is 0 Å². The number of Topliss-reactive ketones (excluding diaryl/α,β-unsaturated/α-hetero) is 1. The summed E-state index contributed by atoms with van der Waals surface area (Å²) in [6, 6.07) is 15.7. The van der Waals surface area contributed by atoms with Gasteiger partial charge in [0.15, 0.2) is 5.78 Å². The van der Waals surface area contributed by atoms with Crippen molar-refractivity contribution in [1.29, 1.82) is 0 Å². The number of carbonyl (C=O) groups is 2. The van der Waals surface area contributed by atoms with Gasteiger partial charge in [-0.15, -0.1) is 6.58 Å². The number of carboxylic acid groups (broad SMARTS) is 1. The summed E-state index contributed by atoms with van der Waals surface area (Å²) in [5.74, 6) is -0.916. The Bertz CT molecular complexity index is 968. The molecule has 0 amide bonds. The van der Waals surface area contributed by atoms with Crippen LogP contribution in [0.2, 0.25) is 0 Å². The van der Waals surface area contributed by atoms with E-state index in [1.54, 1.807) is 0 Å². The minimum absolute atomic E-state index is 0.00349. The minimum Gasteiger partial charge on any atom is -0.481 e. The Hall–Kier alpha value is -3.14. The summed E-state index contributed by atoms with van der Waals surface area (Å²) in [5.41, 5.74) is 4.41. The van der Waals surface area contributed by atoms with Gasteiger partial charge in [-0.25, -0.2) is 0 Å². The Kier molecular flexibility index (Phi) is 5.32. The Labute approximate surface area is 152 Å². The number of aliphatic carboxylic acids is 1. The van der Waals surface area contributed by atoms with Gasteiger partial charge in [-0.05, 0) is 24.5 Å². The van der Waals surface area contributed by atoms with Crippen molar-refractivity contribution in [3.05, 3.63) is 72.3 Å². The largest absolute Gasteiger partial charge is 0.481 e. The van der Waals surface area contributed by atoms with Gasteiger partial charge in [-0.3, -0.25) is 9.59 Å². The molecule has 1 aromatic heterocycles. The molecule has 2 aromatic carbocycles. The first kappa shape index (κ1) is 17.7. The quantitative estimate of drug-likeness (QED) is 0.445. The zero-order chi connectivity index (χ0) is 18.5. The van der Waals surface area contributed by atoms with E-state index in [0.29, 0.717) is 18.4 Å². The second-order valence-electron chi connectivity index (χ2n) is 6.24. The fourth-order valence-corrected chi connectivity index (χ4v) is 3.26. The molecule has 2 N–H and O–H groups in total. The van der Waals surface area contributed by atoms with E-state index in [2.05, 4.69) is 11.6 Å². The van der Waals surface area contributed by atoms with Crippen LogP contribution in [0.1, 0.15) is 35.2 Å². The number of aromatic nitrogens is 1. The van der Waals surface area contributed by atoms with E-state index in [1.807, 2.05) is 54.6 Å². The standard InChI is InChI=1S/C22H21NO3/c1-2-8-15-9-3-4-10-16(15)22-21(19(24)13-7-14-20(25)26)17-11-5-6-12-18(17)23-22/h2-6,9-12,23H,1,7-8,13-14H2,(H,25,26). The monoisotopic (exact) mass is 347 g/mol. The highest BCUT2D eigenvalue weighted by Crippen LogP contribution is 2.33. The number of benzene rings is 2. The van der Waals surface area contributed by atoms with Crippen molar-refractivity contribution in [2.45, 2.75) is 25.7 Å². The van der Waals surface area contributed by atoms with Crippen LogP contribution in [0.3, 0.4) is 0 Å². The van der Waals surface area contributed by atoms with Gasteiger partial charge in [0.05, 0.1) is 11.3 Å². The third-order valence-corrected chi connectivity index (χ3v) is 4.43. The number of nitrogens with one attached hydrogen (secondary N) is 1. The second kappa shape index (κ2) is 7.83. The molecule has 1 heterocycles. The molecule has 3 rings (SSSR count). The Morgan fingerprint density at radius 3 is 2.54 bits per heavy atom. The first-order valence-corrected chi connectivity index (χ1v) is 8.66. The summed E-state index contributed by atoms with van der Waals surface area (Å²) in [5, 5.41) is 9.70. The summed E-state index contributed by atoms with van der Waals surface area (Å²) >= 11 is 0. The van der Waals surface area contributed by atoms with E-state index in [4.69, 9.17) is 5.11 Å². The van der Waals surface area contributed by atoms with Crippen molar-refractivity contribution < 1.29 is 14.7 Å². The lowest BCUT2D eigenvalue weighted by Gasteiger charge is -2.09. The molecule has 0 fully saturated rings. The molecular weight excluding hydrogens is 326 g/mol. The Morgan fingerprint density at radius 1 is 1.04 bits per heavy atom. The number of carbonyl (C=O) groups excluding carboxylic acids is 1. The summed E-state index contributed by atoms with van der Waals surface area (Å²) in [4.78, 5) is 27.1. The molecule has 4 heteroatoms. The lowest BCUT2D eigenvalue weighted by atomic mass is 9.95. The predicted molar refractivity (Wildman–Crippen MR) is 103 cm³/mol. The smallest absolute Gasteiger partial charge is 0.303 e. The molecule has 3 aromatic rings. The maximum atomic E-state index is 12.9. The van der Waals surface area contributed by atoms with Crippen molar-refractivity contribution >= 4 is 22.7 Å². The number of ketones is 1. The van der Waals surface area contributed by atoms with Crippen molar-refractivity contribution in [1.82, 2.24) is 4.98 Å². The number of allylic oxidation sites excluding steroid dienone is 1. The number of para-hydroxylation sites is 1. The average Bonchev–Trinajstić information content (AvgIpc) is 3.01. The molecule has 0 spiro atoms. The van der Waals surface area contributed by atoms with Crippen molar-refractivity contribution in [2.75, 3.05) is 0 Å². The van der Waals surface area contributed by atoms with E-state index >= 15 is 0 Å². The van der Waals surface area contributed by atoms with Crippen LogP contribution in [-0.2, 0) is 11.2 Å². The Balaban J connectivity index is 2.10. The van der Waals surface area contributed by atoms with Gasteiger partial charge in [0.1, 0.15) is 0 Å². The first-order chi connectivity index (χ1) is 12.6. The molecule has 26 heavy (non-hydrogen) atoms. The van der Waals surface area contributed by atoms with Crippen LogP contribution in [0.4, 0.5) is 0 Å². The van der Waals surface area contributed by atoms with E-state index in [0.717, 1.165) is 27.7 Å². The number of hydrogen-bond acceptors (Lipinski definition) is 2. The molecule has 0 aliphatic carbocycles. The van der Waals surface area contributed by atoms with Gasteiger partial charge in [0.2, 0.25) is 0 Å². The molecule has 0 radical (unpaired) electrons. The number of aromatic amines is 1. The van der Waals surface area contributed by atoms with Gasteiger partial charge in [0, 0.05) is 29.3 Å². The van der Waals surface area contributed by atoms with E-state index in [1.165, 1.54) is 0 Å². The average molecular weight is 347 g/mol. The van der Waals surface area contributed by atoms with Crippen molar-refractivity contribution in [3.63, 3.8) is 0 Å². The lowest BCUT2D eigenvalue weighted by Crippen LogP contribution is -2.03. The summed E-state index contributed by atoms with van der Waals surface area (Å²) in [7, 11) is 0. The van der Waals surface area contributed by atoms with Crippen molar-refractivity contribution in [2.24, 2.45) is 0 Å². The molecule has 132 valence electrons. The van der Waals surface area contributed by atoms with Crippen LogP contribution in [0.5, 0.6) is 0 Å². The molecule has 0 unspecified atom stereocenters. The minimum atomic E-state index is -0.881. The fourth-order valence-electron chi connectivity index (χ4n) is 3.26. The molecule has 0 bridgehead atoms. The maximum Gasteiger partial charge on any atom is 0.303 e. The second-order valence-corrected chi connectivity index (χ2v) is 6.24. The number of fused-ring (bicyclic) bond motifs is 1. The van der Waals surface area contributed by atoms with Crippen LogP contribution in [0.15, 0.2) is 61.2 Å². The lowest BCUT2D eigenvalue weighted by molar-refractivity contribution is -0.137. The Morgan fingerprint density at radius 2 is 1.77 bits per heavy atom. The van der Waals surface area contributed by atoms with Crippen LogP contribution in [-0.4, -0.2) is 21.8 Å². The van der Waals surface area contributed by atoms with Crippen LogP contribution in [0.25, 0.3) is 22.2 Å². The van der Waals surface area contributed by atoms with Gasteiger partial charge in [-0.1, -0.05) is 48.5 Å². The molecule has 0 saturated carbocycles. The summed E-state index contributed by atoms with van der Waals surface area (Å²) in [6.07, 6.45) is 3.09. The highest BCUT2D eigenvalue weighted by molar-refractivity contribution is 6.13. The molecule has 0 saturated heterocycles. The summed E-state index contributed by atoms with van der Waals surface area (Å²) in [6.45, 7) is 3.82. The molecular formula is C22H21NO3. The van der Waals surface area contributed by atoms with Gasteiger partial charge >= 0.3 is 5.97 Å². The predicted octanol–water partition coefficient (Wildman–Crippen LogP) is 5.00. The molecule has 0 atom stereocenters. The number of rotatable bonds is 8. The third kappa shape index (κ3) is 3.59. The van der Waals surface area contributed by atoms with Gasteiger partial charge in [-0.2, -0.15) is 0 Å². The highest BCUT2D eigenvalue weighted by atomic mass is 16.4. The van der Waals surface area contributed by atoms with E-state index in [-0.39, 0.29) is 18.6 Å². The zero-order valence-corrected chi connectivity index (χ0v) is 14.5.